The Morgan fingerprint density at radius 2 is 1.75 bits per heavy atom. The van der Waals surface area contributed by atoms with Gasteiger partial charge in [-0.3, -0.25) is 9.59 Å². The minimum atomic E-state index is -0.00267. The maximum atomic E-state index is 12.1. The monoisotopic (exact) mass is 282 g/mol. The van der Waals surface area contributed by atoms with E-state index in [1.165, 1.54) is 25.7 Å². The maximum absolute atomic E-state index is 12.1. The van der Waals surface area contributed by atoms with Crippen molar-refractivity contribution in [1.29, 1.82) is 0 Å². The molecule has 0 aromatic heterocycles. The van der Waals surface area contributed by atoms with Gasteiger partial charge in [-0.25, -0.2) is 0 Å². The van der Waals surface area contributed by atoms with Crippen molar-refractivity contribution in [2.45, 2.75) is 77.7 Å². The molecule has 0 aliphatic heterocycles. The third-order valence-electron chi connectivity index (χ3n) is 4.03. The number of carbonyl (C=O) groups excluding carboxylic acids is 2. The lowest BCUT2D eigenvalue weighted by Crippen LogP contribution is -2.43. The molecule has 0 aromatic rings. The molecule has 1 rings (SSSR count). The molecule has 0 saturated heterocycles. The van der Waals surface area contributed by atoms with Gasteiger partial charge in [-0.2, -0.15) is 0 Å². The molecule has 1 aliphatic carbocycles. The second kappa shape index (κ2) is 9.78. The van der Waals surface area contributed by atoms with Crippen LogP contribution in [0.5, 0.6) is 0 Å². The SMILES string of the molecule is CCCCCN(CC(=O)NC1CCCCCC1)C(C)=O. The number of amides is 2. The topological polar surface area (TPSA) is 49.4 Å². The summed E-state index contributed by atoms with van der Waals surface area (Å²) in [6, 6.07) is 0.314. The standard InChI is InChI=1S/C16H30N2O2/c1-3-4-9-12-18(14(2)19)13-16(20)17-15-10-7-5-6-8-11-15/h15H,3-13H2,1-2H3,(H,17,20). The molecular formula is C16H30N2O2. The fourth-order valence-electron chi connectivity index (χ4n) is 2.77. The van der Waals surface area contributed by atoms with Gasteiger partial charge in [0.2, 0.25) is 11.8 Å². The van der Waals surface area contributed by atoms with Crippen LogP contribution in [0.15, 0.2) is 0 Å². The Morgan fingerprint density at radius 3 is 2.30 bits per heavy atom. The minimum Gasteiger partial charge on any atom is -0.352 e. The molecule has 0 spiro atoms. The van der Waals surface area contributed by atoms with Crippen LogP contribution < -0.4 is 5.32 Å². The molecule has 0 heterocycles. The van der Waals surface area contributed by atoms with E-state index in [0.717, 1.165) is 32.1 Å². The van der Waals surface area contributed by atoms with Crippen molar-refractivity contribution in [3.63, 3.8) is 0 Å². The Balaban J connectivity index is 2.34. The van der Waals surface area contributed by atoms with Gasteiger partial charge in [0, 0.05) is 19.5 Å². The van der Waals surface area contributed by atoms with Crippen LogP contribution in [0.25, 0.3) is 0 Å². The van der Waals surface area contributed by atoms with Crippen molar-refractivity contribution in [1.82, 2.24) is 10.2 Å². The van der Waals surface area contributed by atoms with Crippen molar-refractivity contribution < 1.29 is 9.59 Å². The Kier molecular flexibility index (Phi) is 8.31. The first-order valence-corrected chi connectivity index (χ1v) is 8.18. The quantitative estimate of drug-likeness (QED) is 0.576. The third kappa shape index (κ3) is 6.92. The van der Waals surface area contributed by atoms with Gasteiger partial charge >= 0.3 is 0 Å². The number of hydrogen-bond acceptors (Lipinski definition) is 2. The van der Waals surface area contributed by atoms with Gasteiger partial charge in [0.25, 0.3) is 0 Å². The van der Waals surface area contributed by atoms with Gasteiger partial charge in [-0.05, 0) is 19.3 Å². The van der Waals surface area contributed by atoms with Crippen LogP contribution >= 0.6 is 0 Å². The molecule has 4 heteroatoms. The predicted octanol–water partition coefficient (Wildman–Crippen LogP) is 2.86. The highest BCUT2D eigenvalue weighted by Gasteiger charge is 2.17. The lowest BCUT2D eigenvalue weighted by atomic mass is 10.1. The van der Waals surface area contributed by atoms with Gasteiger partial charge in [0.15, 0.2) is 0 Å². The van der Waals surface area contributed by atoms with Crippen molar-refractivity contribution >= 4 is 11.8 Å². The molecule has 20 heavy (non-hydrogen) atoms. The summed E-state index contributed by atoms with van der Waals surface area (Å²) < 4.78 is 0. The molecule has 116 valence electrons. The molecular weight excluding hydrogens is 252 g/mol. The zero-order valence-electron chi connectivity index (χ0n) is 13.1. The van der Waals surface area contributed by atoms with Gasteiger partial charge in [-0.15, -0.1) is 0 Å². The Hall–Kier alpha value is -1.06. The van der Waals surface area contributed by atoms with Crippen molar-refractivity contribution in [3.8, 4) is 0 Å². The first-order valence-electron chi connectivity index (χ1n) is 8.18. The van der Waals surface area contributed by atoms with Crippen molar-refractivity contribution in [2.75, 3.05) is 13.1 Å². The summed E-state index contributed by atoms with van der Waals surface area (Å²) in [7, 11) is 0. The Bertz CT molecular complexity index is 297. The second-order valence-electron chi connectivity index (χ2n) is 5.90. The molecule has 4 nitrogen and oxygen atoms in total. The number of nitrogens with one attached hydrogen (secondary N) is 1. The predicted molar refractivity (Wildman–Crippen MR) is 81.4 cm³/mol. The smallest absolute Gasteiger partial charge is 0.239 e. The lowest BCUT2D eigenvalue weighted by Gasteiger charge is -2.23. The summed E-state index contributed by atoms with van der Waals surface area (Å²) >= 11 is 0. The number of carbonyl (C=O) groups is 2. The first kappa shape index (κ1) is 17.0. The lowest BCUT2D eigenvalue weighted by molar-refractivity contribution is -0.134. The van der Waals surface area contributed by atoms with Gasteiger partial charge in [-0.1, -0.05) is 45.4 Å². The summed E-state index contributed by atoms with van der Waals surface area (Å²) in [5.74, 6) is 0.000665. The largest absolute Gasteiger partial charge is 0.352 e. The second-order valence-corrected chi connectivity index (χ2v) is 5.90. The van der Waals surface area contributed by atoms with Crippen LogP contribution in [0.3, 0.4) is 0 Å². The highest BCUT2D eigenvalue weighted by Crippen LogP contribution is 2.17. The van der Waals surface area contributed by atoms with E-state index in [4.69, 9.17) is 0 Å². The minimum absolute atomic E-state index is 0.00267. The van der Waals surface area contributed by atoms with E-state index >= 15 is 0 Å². The fraction of sp³-hybridized carbons (Fsp3) is 0.875. The molecule has 0 atom stereocenters. The number of rotatable bonds is 7. The number of hydrogen-bond donors (Lipinski definition) is 1. The molecule has 1 aliphatic rings. The fourth-order valence-corrected chi connectivity index (χ4v) is 2.77. The van der Waals surface area contributed by atoms with Crippen LogP contribution in [0.2, 0.25) is 0 Å². The van der Waals surface area contributed by atoms with Gasteiger partial charge in [0.05, 0.1) is 6.54 Å². The molecule has 1 N–H and O–H groups in total. The highest BCUT2D eigenvalue weighted by molar-refractivity contribution is 5.83. The zero-order chi connectivity index (χ0) is 14.8. The normalized spacial score (nSPS) is 16.5. The molecule has 2 amide bonds. The summed E-state index contributed by atoms with van der Waals surface area (Å²) in [6.45, 7) is 4.60. The molecule has 0 radical (unpaired) electrons. The molecule has 0 aromatic carbocycles. The van der Waals surface area contributed by atoms with Gasteiger partial charge in [0.1, 0.15) is 0 Å². The van der Waals surface area contributed by atoms with E-state index in [9.17, 15) is 9.59 Å². The van der Waals surface area contributed by atoms with Crippen LogP contribution in [0, 0.1) is 0 Å². The molecule has 0 unspecified atom stereocenters. The van der Waals surface area contributed by atoms with Crippen LogP contribution in [0.1, 0.15) is 71.6 Å². The van der Waals surface area contributed by atoms with Crippen LogP contribution in [-0.2, 0) is 9.59 Å². The van der Waals surface area contributed by atoms with E-state index in [2.05, 4.69) is 12.2 Å². The average Bonchev–Trinajstić information content (AvgIpc) is 2.66. The molecule has 0 bridgehead atoms. The first-order chi connectivity index (χ1) is 9.63. The average molecular weight is 282 g/mol. The molecule has 1 saturated carbocycles. The van der Waals surface area contributed by atoms with E-state index < -0.39 is 0 Å². The summed E-state index contributed by atoms with van der Waals surface area (Å²) in [6.07, 6.45) is 10.4. The maximum Gasteiger partial charge on any atom is 0.239 e. The van der Waals surface area contributed by atoms with Crippen molar-refractivity contribution in [2.24, 2.45) is 0 Å². The van der Waals surface area contributed by atoms with E-state index in [0.29, 0.717) is 12.6 Å². The Labute approximate surface area is 123 Å². The van der Waals surface area contributed by atoms with E-state index in [1.807, 2.05) is 0 Å². The highest BCUT2D eigenvalue weighted by atomic mass is 16.2. The summed E-state index contributed by atoms with van der Waals surface area (Å²) in [4.78, 5) is 25.3. The van der Waals surface area contributed by atoms with Crippen molar-refractivity contribution in [3.05, 3.63) is 0 Å². The van der Waals surface area contributed by atoms with E-state index in [1.54, 1.807) is 11.8 Å². The number of nitrogens with zero attached hydrogens (tertiary/aromatic N) is 1. The molecule has 1 fully saturated rings. The van der Waals surface area contributed by atoms with Crippen LogP contribution in [0.4, 0.5) is 0 Å². The van der Waals surface area contributed by atoms with Gasteiger partial charge < -0.3 is 10.2 Å². The summed E-state index contributed by atoms with van der Waals surface area (Å²) in [5, 5.41) is 3.10. The number of unbranched alkanes of at least 4 members (excludes halogenated alkanes) is 2. The van der Waals surface area contributed by atoms with E-state index in [-0.39, 0.29) is 18.4 Å². The van der Waals surface area contributed by atoms with Crippen LogP contribution in [-0.4, -0.2) is 35.8 Å². The summed E-state index contributed by atoms with van der Waals surface area (Å²) in [5.41, 5.74) is 0. The zero-order valence-corrected chi connectivity index (χ0v) is 13.1. The third-order valence-corrected chi connectivity index (χ3v) is 4.03. The Morgan fingerprint density at radius 1 is 1.10 bits per heavy atom.